The van der Waals surface area contributed by atoms with E-state index in [4.69, 9.17) is 13.8 Å². The van der Waals surface area contributed by atoms with Crippen molar-refractivity contribution in [2.24, 2.45) is 4.99 Å². The van der Waals surface area contributed by atoms with Gasteiger partial charge in [0.05, 0.1) is 25.1 Å². The van der Waals surface area contributed by atoms with E-state index in [0.717, 1.165) is 43.5 Å². The number of aliphatic imine (C=N–C) groups is 1. The zero-order chi connectivity index (χ0) is 22.9. The van der Waals surface area contributed by atoms with Crippen molar-refractivity contribution in [1.29, 1.82) is 0 Å². The Balaban J connectivity index is 0.00000324. The molecule has 1 aliphatic rings. The number of nitrogens with zero attached hydrogens (tertiary/aromatic N) is 2. The Hall–Kier alpha value is -2.79. The standard InChI is InChI=1S/C25H31N5O3.HI/c1-2-26-25(28-18-21(22-7-5-15-32-22)30-13-3-4-14-30)27-17-19-9-11-20(12-10-19)29-24(31)23-8-6-16-33-23;/h5-12,15-16,21H,2-4,13-14,17-18H2,1H3,(H,29,31)(H2,26,27,28);1H. The van der Waals surface area contributed by atoms with Crippen LogP contribution in [0.5, 0.6) is 0 Å². The molecule has 2 aromatic heterocycles. The third-order valence-corrected chi connectivity index (χ3v) is 5.64. The van der Waals surface area contributed by atoms with E-state index in [1.807, 2.05) is 36.4 Å². The van der Waals surface area contributed by atoms with E-state index in [2.05, 4.69) is 27.8 Å². The number of carbonyl (C=O) groups excluding carboxylic acids is 1. The molecule has 1 amide bonds. The summed E-state index contributed by atoms with van der Waals surface area (Å²) in [5, 5.41) is 9.62. The van der Waals surface area contributed by atoms with Crippen LogP contribution in [-0.4, -0.2) is 42.9 Å². The normalized spacial score (nSPS) is 14.9. The first kappa shape index (κ1) is 25.8. The van der Waals surface area contributed by atoms with Gasteiger partial charge in [0.2, 0.25) is 0 Å². The van der Waals surface area contributed by atoms with Crippen molar-refractivity contribution < 1.29 is 13.6 Å². The fraction of sp³-hybridized carbons (Fsp3) is 0.360. The molecule has 1 saturated heterocycles. The maximum atomic E-state index is 12.1. The highest BCUT2D eigenvalue weighted by molar-refractivity contribution is 14.0. The summed E-state index contributed by atoms with van der Waals surface area (Å²) in [6.07, 6.45) is 5.67. The van der Waals surface area contributed by atoms with Gasteiger partial charge in [0.25, 0.3) is 5.91 Å². The van der Waals surface area contributed by atoms with E-state index in [0.29, 0.717) is 12.2 Å². The number of likely N-dealkylation sites (tertiary alicyclic amines) is 1. The van der Waals surface area contributed by atoms with Crippen molar-refractivity contribution in [3.63, 3.8) is 0 Å². The number of rotatable bonds is 9. The van der Waals surface area contributed by atoms with Crippen LogP contribution >= 0.6 is 24.0 Å². The number of amides is 1. The Bertz CT molecular complexity index is 1010. The van der Waals surface area contributed by atoms with Gasteiger partial charge >= 0.3 is 0 Å². The largest absolute Gasteiger partial charge is 0.468 e. The Morgan fingerprint density at radius 2 is 1.76 bits per heavy atom. The molecular weight excluding hydrogens is 545 g/mol. The zero-order valence-electron chi connectivity index (χ0n) is 19.3. The number of guanidine groups is 1. The second-order valence-electron chi connectivity index (χ2n) is 7.98. The number of furan rings is 2. The van der Waals surface area contributed by atoms with Crippen molar-refractivity contribution in [2.45, 2.75) is 32.4 Å². The van der Waals surface area contributed by atoms with Gasteiger partial charge in [0.15, 0.2) is 11.7 Å². The molecule has 3 heterocycles. The van der Waals surface area contributed by atoms with Gasteiger partial charge in [-0.3, -0.25) is 9.69 Å². The van der Waals surface area contributed by atoms with Gasteiger partial charge in [-0.25, -0.2) is 4.99 Å². The molecule has 1 aliphatic heterocycles. The molecule has 8 nitrogen and oxygen atoms in total. The predicted molar refractivity (Wildman–Crippen MR) is 144 cm³/mol. The average Bonchev–Trinajstić information content (AvgIpc) is 3.62. The Morgan fingerprint density at radius 1 is 1.03 bits per heavy atom. The summed E-state index contributed by atoms with van der Waals surface area (Å²) in [5.74, 6) is 1.76. The number of hydrogen-bond acceptors (Lipinski definition) is 5. The van der Waals surface area contributed by atoms with E-state index in [1.54, 1.807) is 18.4 Å². The highest BCUT2D eigenvalue weighted by Gasteiger charge is 2.25. The Morgan fingerprint density at radius 3 is 2.41 bits per heavy atom. The molecule has 34 heavy (non-hydrogen) atoms. The minimum Gasteiger partial charge on any atom is -0.468 e. The van der Waals surface area contributed by atoms with Crippen LogP contribution in [0.1, 0.15) is 47.7 Å². The molecule has 1 atom stereocenters. The van der Waals surface area contributed by atoms with Crippen LogP contribution < -0.4 is 16.0 Å². The molecule has 0 radical (unpaired) electrons. The summed E-state index contributed by atoms with van der Waals surface area (Å²) in [7, 11) is 0. The predicted octanol–water partition coefficient (Wildman–Crippen LogP) is 4.64. The highest BCUT2D eigenvalue weighted by Crippen LogP contribution is 2.24. The molecule has 0 spiro atoms. The highest BCUT2D eigenvalue weighted by atomic mass is 127. The summed E-state index contributed by atoms with van der Waals surface area (Å²) in [6, 6.07) is 15.1. The number of anilines is 1. The van der Waals surface area contributed by atoms with Gasteiger partial charge in [-0.2, -0.15) is 0 Å². The molecule has 4 rings (SSSR count). The fourth-order valence-corrected chi connectivity index (χ4v) is 3.94. The first-order valence-corrected chi connectivity index (χ1v) is 11.5. The van der Waals surface area contributed by atoms with Crippen LogP contribution in [-0.2, 0) is 6.54 Å². The van der Waals surface area contributed by atoms with Crippen LogP contribution in [0.4, 0.5) is 5.69 Å². The SMILES string of the molecule is CCNC(=NCc1ccc(NC(=O)c2ccco2)cc1)NCC(c1ccco1)N1CCCC1.I. The molecule has 9 heteroatoms. The zero-order valence-corrected chi connectivity index (χ0v) is 21.7. The Labute approximate surface area is 217 Å². The summed E-state index contributed by atoms with van der Waals surface area (Å²) in [6.45, 7) is 6.25. The lowest BCUT2D eigenvalue weighted by atomic mass is 10.2. The van der Waals surface area contributed by atoms with Crippen molar-refractivity contribution >= 4 is 41.5 Å². The van der Waals surface area contributed by atoms with Gasteiger partial charge in [0, 0.05) is 18.8 Å². The minimum absolute atomic E-state index is 0. The average molecular weight is 577 g/mol. The van der Waals surface area contributed by atoms with E-state index in [-0.39, 0.29) is 41.7 Å². The second kappa shape index (κ2) is 13.2. The fourth-order valence-electron chi connectivity index (χ4n) is 3.94. The maximum Gasteiger partial charge on any atom is 0.291 e. The van der Waals surface area contributed by atoms with E-state index in [9.17, 15) is 4.79 Å². The lowest BCUT2D eigenvalue weighted by molar-refractivity contribution is 0.0996. The molecular formula is C25H32IN5O3. The van der Waals surface area contributed by atoms with Crippen LogP contribution in [0, 0.1) is 0 Å². The van der Waals surface area contributed by atoms with Crippen LogP contribution in [0.2, 0.25) is 0 Å². The molecule has 0 aliphatic carbocycles. The molecule has 3 aromatic rings. The first-order valence-electron chi connectivity index (χ1n) is 11.5. The first-order chi connectivity index (χ1) is 16.2. The maximum absolute atomic E-state index is 12.1. The van der Waals surface area contributed by atoms with E-state index >= 15 is 0 Å². The topological polar surface area (TPSA) is 95.0 Å². The van der Waals surface area contributed by atoms with Gasteiger partial charge in [0.1, 0.15) is 5.76 Å². The lowest BCUT2D eigenvalue weighted by Crippen LogP contribution is -2.42. The van der Waals surface area contributed by atoms with Crippen LogP contribution in [0.25, 0.3) is 0 Å². The van der Waals surface area contributed by atoms with Gasteiger partial charge in [-0.15, -0.1) is 24.0 Å². The number of nitrogens with one attached hydrogen (secondary N) is 3. The Kier molecular flexibility index (Phi) is 10.0. The summed E-state index contributed by atoms with van der Waals surface area (Å²) in [5.41, 5.74) is 1.76. The van der Waals surface area contributed by atoms with Gasteiger partial charge in [-0.1, -0.05) is 12.1 Å². The molecule has 1 unspecified atom stereocenters. The molecule has 182 valence electrons. The molecule has 0 saturated carbocycles. The third-order valence-electron chi connectivity index (χ3n) is 5.64. The van der Waals surface area contributed by atoms with Crippen molar-refractivity contribution in [3.8, 4) is 0 Å². The lowest BCUT2D eigenvalue weighted by Gasteiger charge is -2.26. The molecule has 3 N–H and O–H groups in total. The molecule has 1 aromatic carbocycles. The van der Waals surface area contributed by atoms with Crippen molar-refractivity contribution in [1.82, 2.24) is 15.5 Å². The molecule has 1 fully saturated rings. The van der Waals surface area contributed by atoms with E-state index in [1.165, 1.54) is 19.1 Å². The van der Waals surface area contributed by atoms with Gasteiger partial charge < -0.3 is 24.8 Å². The summed E-state index contributed by atoms with van der Waals surface area (Å²) < 4.78 is 10.8. The summed E-state index contributed by atoms with van der Waals surface area (Å²) >= 11 is 0. The monoisotopic (exact) mass is 577 g/mol. The number of halogens is 1. The number of benzene rings is 1. The summed E-state index contributed by atoms with van der Waals surface area (Å²) in [4.78, 5) is 19.3. The minimum atomic E-state index is -0.270. The smallest absolute Gasteiger partial charge is 0.291 e. The van der Waals surface area contributed by atoms with Crippen molar-refractivity contribution in [3.05, 3.63) is 78.1 Å². The quantitative estimate of drug-likeness (QED) is 0.195. The van der Waals surface area contributed by atoms with Crippen LogP contribution in [0.15, 0.2) is 74.9 Å². The number of hydrogen-bond donors (Lipinski definition) is 3. The molecule has 0 bridgehead atoms. The third kappa shape index (κ3) is 7.10. The number of carbonyl (C=O) groups is 1. The van der Waals surface area contributed by atoms with E-state index < -0.39 is 0 Å². The van der Waals surface area contributed by atoms with Gasteiger partial charge in [-0.05, 0) is 74.8 Å². The van der Waals surface area contributed by atoms with Crippen molar-refractivity contribution in [2.75, 3.05) is 31.5 Å². The second-order valence-corrected chi connectivity index (χ2v) is 7.98. The van der Waals surface area contributed by atoms with Crippen LogP contribution in [0.3, 0.4) is 0 Å².